The summed E-state index contributed by atoms with van der Waals surface area (Å²) in [5.74, 6) is 0.663. The van der Waals surface area contributed by atoms with E-state index in [1.165, 1.54) is 17.8 Å². The van der Waals surface area contributed by atoms with E-state index < -0.39 is 0 Å². The lowest BCUT2D eigenvalue weighted by molar-refractivity contribution is 0.270. The SMILES string of the molecule is CN1CCn2c(-c3ccc(F)cc3)nc(CN)c2C1. The van der Waals surface area contributed by atoms with Gasteiger partial charge in [-0.1, -0.05) is 0 Å². The third-order valence-corrected chi connectivity index (χ3v) is 3.58. The summed E-state index contributed by atoms with van der Waals surface area (Å²) in [4.78, 5) is 6.89. The third-order valence-electron chi connectivity index (χ3n) is 3.58. The number of nitrogens with two attached hydrogens (primary N) is 1. The lowest BCUT2D eigenvalue weighted by Crippen LogP contribution is -2.31. The standard InChI is InChI=1S/C14H17FN4/c1-18-6-7-19-13(9-18)12(8-16)17-14(19)10-2-4-11(15)5-3-10/h2-5H,6-9,16H2,1H3. The minimum atomic E-state index is -0.229. The van der Waals surface area contributed by atoms with E-state index in [4.69, 9.17) is 5.73 Å². The number of likely N-dealkylation sites (N-methyl/N-ethyl adjacent to an activating group) is 1. The van der Waals surface area contributed by atoms with E-state index in [2.05, 4.69) is 21.5 Å². The van der Waals surface area contributed by atoms with Crippen molar-refractivity contribution in [1.29, 1.82) is 0 Å². The Kier molecular flexibility index (Phi) is 3.08. The van der Waals surface area contributed by atoms with Crippen LogP contribution >= 0.6 is 0 Å². The normalized spacial score (nSPS) is 15.5. The van der Waals surface area contributed by atoms with Crippen molar-refractivity contribution in [1.82, 2.24) is 14.5 Å². The van der Waals surface area contributed by atoms with Crippen molar-refractivity contribution in [3.8, 4) is 11.4 Å². The molecule has 0 spiro atoms. The monoisotopic (exact) mass is 260 g/mol. The highest BCUT2D eigenvalue weighted by Gasteiger charge is 2.22. The Morgan fingerprint density at radius 2 is 2.00 bits per heavy atom. The van der Waals surface area contributed by atoms with Gasteiger partial charge in [0.15, 0.2) is 0 Å². The van der Waals surface area contributed by atoms with Crippen molar-refractivity contribution in [3.05, 3.63) is 41.5 Å². The van der Waals surface area contributed by atoms with Gasteiger partial charge in [-0.3, -0.25) is 4.90 Å². The molecule has 4 nitrogen and oxygen atoms in total. The van der Waals surface area contributed by atoms with Gasteiger partial charge in [0.25, 0.3) is 0 Å². The van der Waals surface area contributed by atoms with Crippen molar-refractivity contribution < 1.29 is 4.39 Å². The summed E-state index contributed by atoms with van der Waals surface area (Å²) in [6.07, 6.45) is 0. The summed E-state index contributed by atoms with van der Waals surface area (Å²) in [6.45, 7) is 3.18. The molecule has 0 aliphatic carbocycles. The van der Waals surface area contributed by atoms with Gasteiger partial charge in [-0.2, -0.15) is 0 Å². The van der Waals surface area contributed by atoms with Crippen LogP contribution in [0.4, 0.5) is 4.39 Å². The zero-order chi connectivity index (χ0) is 13.4. The minimum absolute atomic E-state index is 0.229. The Bertz CT molecular complexity index is 588. The first-order chi connectivity index (χ1) is 9.19. The number of nitrogens with zero attached hydrogens (tertiary/aromatic N) is 3. The van der Waals surface area contributed by atoms with Crippen LogP contribution < -0.4 is 5.73 Å². The molecule has 1 aliphatic heterocycles. The van der Waals surface area contributed by atoms with Crippen molar-refractivity contribution in [2.24, 2.45) is 5.73 Å². The van der Waals surface area contributed by atoms with Gasteiger partial charge in [0.1, 0.15) is 11.6 Å². The smallest absolute Gasteiger partial charge is 0.140 e. The van der Waals surface area contributed by atoms with E-state index in [1.54, 1.807) is 12.1 Å². The number of fused-ring (bicyclic) bond motifs is 1. The molecular formula is C14H17FN4. The van der Waals surface area contributed by atoms with Crippen LogP contribution in [-0.2, 0) is 19.6 Å². The van der Waals surface area contributed by atoms with Crippen LogP contribution in [0.2, 0.25) is 0 Å². The highest BCUT2D eigenvalue weighted by molar-refractivity contribution is 5.57. The van der Waals surface area contributed by atoms with E-state index in [1.807, 2.05) is 0 Å². The molecule has 0 amide bonds. The van der Waals surface area contributed by atoms with Crippen molar-refractivity contribution in [3.63, 3.8) is 0 Å². The summed E-state index contributed by atoms with van der Waals surface area (Å²) >= 11 is 0. The zero-order valence-electron chi connectivity index (χ0n) is 10.9. The Morgan fingerprint density at radius 3 is 2.68 bits per heavy atom. The number of rotatable bonds is 2. The molecule has 0 atom stereocenters. The Hall–Kier alpha value is -1.72. The molecule has 0 saturated carbocycles. The number of halogens is 1. The number of aromatic nitrogens is 2. The molecule has 19 heavy (non-hydrogen) atoms. The molecule has 2 heterocycles. The maximum atomic E-state index is 13.0. The van der Waals surface area contributed by atoms with Crippen LogP contribution in [-0.4, -0.2) is 28.0 Å². The molecule has 1 aromatic carbocycles. The molecule has 0 bridgehead atoms. The molecule has 0 fully saturated rings. The fourth-order valence-electron chi connectivity index (χ4n) is 2.54. The predicted octanol–water partition coefficient (Wildman–Crippen LogP) is 1.59. The van der Waals surface area contributed by atoms with Crippen molar-refractivity contribution in [2.45, 2.75) is 19.6 Å². The summed E-state index contributed by atoms with van der Waals surface area (Å²) in [5.41, 5.74) is 8.83. The second-order valence-electron chi connectivity index (χ2n) is 4.93. The average Bonchev–Trinajstić information content (AvgIpc) is 2.77. The molecule has 5 heteroatoms. The second kappa shape index (κ2) is 4.75. The summed E-state index contributed by atoms with van der Waals surface area (Å²) in [5, 5.41) is 0. The number of benzene rings is 1. The summed E-state index contributed by atoms with van der Waals surface area (Å²) in [6, 6.07) is 6.47. The lowest BCUT2D eigenvalue weighted by Gasteiger charge is -2.25. The van der Waals surface area contributed by atoms with Crippen LogP contribution in [0, 0.1) is 5.82 Å². The fraction of sp³-hybridized carbons (Fsp3) is 0.357. The van der Waals surface area contributed by atoms with Crippen LogP contribution in [0.5, 0.6) is 0 Å². The van der Waals surface area contributed by atoms with E-state index in [-0.39, 0.29) is 5.82 Å². The first kappa shape index (κ1) is 12.3. The molecule has 3 rings (SSSR count). The van der Waals surface area contributed by atoms with Crippen LogP contribution in [0.25, 0.3) is 11.4 Å². The van der Waals surface area contributed by atoms with Gasteiger partial charge in [0.05, 0.1) is 11.4 Å². The first-order valence-electron chi connectivity index (χ1n) is 6.42. The highest BCUT2D eigenvalue weighted by Crippen LogP contribution is 2.26. The minimum Gasteiger partial charge on any atom is -0.325 e. The third kappa shape index (κ3) is 2.15. The predicted molar refractivity (Wildman–Crippen MR) is 71.8 cm³/mol. The van der Waals surface area contributed by atoms with Gasteiger partial charge >= 0.3 is 0 Å². The van der Waals surface area contributed by atoms with E-state index in [0.29, 0.717) is 6.54 Å². The van der Waals surface area contributed by atoms with Crippen LogP contribution in [0.15, 0.2) is 24.3 Å². The molecule has 1 aliphatic rings. The van der Waals surface area contributed by atoms with E-state index in [9.17, 15) is 4.39 Å². The maximum absolute atomic E-state index is 13.0. The van der Waals surface area contributed by atoms with E-state index in [0.717, 1.165) is 36.7 Å². The van der Waals surface area contributed by atoms with Gasteiger partial charge < -0.3 is 10.3 Å². The topological polar surface area (TPSA) is 47.1 Å². The van der Waals surface area contributed by atoms with Gasteiger partial charge in [-0.25, -0.2) is 9.37 Å². The van der Waals surface area contributed by atoms with Crippen LogP contribution in [0.1, 0.15) is 11.4 Å². The Labute approximate surface area is 111 Å². The highest BCUT2D eigenvalue weighted by atomic mass is 19.1. The quantitative estimate of drug-likeness (QED) is 0.892. The summed E-state index contributed by atoms with van der Waals surface area (Å²) in [7, 11) is 2.09. The molecule has 2 aromatic rings. The molecule has 0 saturated heterocycles. The number of imidazole rings is 1. The van der Waals surface area contributed by atoms with Gasteiger partial charge in [0, 0.05) is 31.7 Å². The number of hydrogen-bond acceptors (Lipinski definition) is 3. The number of hydrogen-bond donors (Lipinski definition) is 1. The van der Waals surface area contributed by atoms with Gasteiger partial charge in [0.2, 0.25) is 0 Å². The molecule has 0 unspecified atom stereocenters. The maximum Gasteiger partial charge on any atom is 0.140 e. The lowest BCUT2D eigenvalue weighted by atomic mass is 10.2. The van der Waals surface area contributed by atoms with Crippen molar-refractivity contribution >= 4 is 0 Å². The largest absolute Gasteiger partial charge is 0.325 e. The van der Waals surface area contributed by atoms with Crippen LogP contribution in [0.3, 0.4) is 0 Å². The molecular weight excluding hydrogens is 243 g/mol. The van der Waals surface area contributed by atoms with E-state index >= 15 is 0 Å². The van der Waals surface area contributed by atoms with Gasteiger partial charge in [-0.05, 0) is 31.3 Å². The van der Waals surface area contributed by atoms with Crippen molar-refractivity contribution in [2.75, 3.05) is 13.6 Å². The molecule has 0 radical (unpaired) electrons. The summed E-state index contributed by atoms with van der Waals surface area (Å²) < 4.78 is 15.2. The fourth-order valence-corrected chi connectivity index (χ4v) is 2.54. The Balaban J connectivity index is 2.09. The first-order valence-corrected chi connectivity index (χ1v) is 6.42. The molecule has 2 N–H and O–H groups in total. The zero-order valence-corrected chi connectivity index (χ0v) is 10.9. The average molecular weight is 260 g/mol. The molecule has 1 aromatic heterocycles. The molecule has 100 valence electrons. The van der Waals surface area contributed by atoms with Gasteiger partial charge in [-0.15, -0.1) is 0 Å². The Morgan fingerprint density at radius 1 is 1.26 bits per heavy atom. The second-order valence-corrected chi connectivity index (χ2v) is 4.93.